The van der Waals surface area contributed by atoms with Crippen molar-refractivity contribution in [2.75, 3.05) is 34.2 Å². The zero-order chi connectivity index (χ0) is 19.9. The summed E-state index contributed by atoms with van der Waals surface area (Å²) in [6, 6.07) is 10.5. The van der Waals surface area contributed by atoms with E-state index in [2.05, 4.69) is 46.6 Å². The quantitative estimate of drug-likeness (QED) is 0.720. The third kappa shape index (κ3) is 4.08. The van der Waals surface area contributed by atoms with E-state index in [1.165, 1.54) is 27.7 Å². The van der Waals surface area contributed by atoms with Crippen molar-refractivity contribution in [3.8, 4) is 0 Å². The van der Waals surface area contributed by atoms with E-state index < -0.39 is 5.60 Å². The Morgan fingerprint density at radius 3 is 2.72 bits per heavy atom. The predicted molar refractivity (Wildman–Crippen MR) is 120 cm³/mol. The van der Waals surface area contributed by atoms with Gasteiger partial charge in [0.15, 0.2) is 0 Å². The number of nitrogens with zero attached hydrogens (tertiary/aromatic N) is 4. The van der Waals surface area contributed by atoms with Crippen LogP contribution >= 0.6 is 0 Å². The molecule has 1 aromatic carbocycles. The maximum atomic E-state index is 11.8. The van der Waals surface area contributed by atoms with Crippen molar-refractivity contribution in [1.82, 2.24) is 19.4 Å². The third-order valence-electron chi connectivity index (χ3n) is 5.80. The number of rotatable bonds is 5. The van der Waals surface area contributed by atoms with E-state index >= 15 is 0 Å². The van der Waals surface area contributed by atoms with E-state index in [-0.39, 0.29) is 7.43 Å². The number of benzene rings is 1. The molecule has 1 N–H and O–H groups in total. The lowest BCUT2D eigenvalue weighted by molar-refractivity contribution is -0.00469. The Hall–Kier alpha value is -2.21. The van der Waals surface area contributed by atoms with Gasteiger partial charge in [0.25, 0.3) is 0 Å². The summed E-state index contributed by atoms with van der Waals surface area (Å²) in [6.07, 6.45) is 4.55. The molecular formula is C24H34N4O. The van der Waals surface area contributed by atoms with Crippen LogP contribution in [0, 0.1) is 6.92 Å². The van der Waals surface area contributed by atoms with Crippen molar-refractivity contribution in [3.63, 3.8) is 0 Å². The molecule has 29 heavy (non-hydrogen) atoms. The molecule has 3 heterocycles. The predicted octanol–water partition coefficient (Wildman–Crippen LogP) is 3.42. The van der Waals surface area contributed by atoms with Crippen LogP contribution in [-0.4, -0.2) is 58.7 Å². The monoisotopic (exact) mass is 394 g/mol. The highest BCUT2D eigenvalue weighted by Crippen LogP contribution is 2.34. The van der Waals surface area contributed by atoms with Gasteiger partial charge in [-0.25, -0.2) is 0 Å². The highest BCUT2D eigenvalue weighted by Gasteiger charge is 2.33. The average Bonchev–Trinajstić information content (AvgIpc) is 2.94. The van der Waals surface area contributed by atoms with Crippen LogP contribution < -0.4 is 0 Å². The van der Waals surface area contributed by atoms with Crippen molar-refractivity contribution in [1.29, 1.82) is 0 Å². The minimum atomic E-state index is -1.01. The second kappa shape index (κ2) is 8.27. The van der Waals surface area contributed by atoms with Gasteiger partial charge in [0.05, 0.1) is 6.54 Å². The second-order valence-corrected chi connectivity index (χ2v) is 8.53. The Bertz CT molecular complexity index is 979. The summed E-state index contributed by atoms with van der Waals surface area (Å²) >= 11 is 0. The van der Waals surface area contributed by atoms with E-state index in [1.54, 1.807) is 12.4 Å². The molecule has 2 aromatic heterocycles. The van der Waals surface area contributed by atoms with E-state index in [1.807, 2.05) is 31.1 Å². The largest absolute Gasteiger partial charge is 0.382 e. The summed E-state index contributed by atoms with van der Waals surface area (Å²) < 4.78 is 2.35. The molecule has 0 bridgehead atoms. The van der Waals surface area contributed by atoms with Gasteiger partial charge in [0, 0.05) is 60.6 Å². The lowest BCUT2D eigenvalue weighted by Crippen LogP contribution is -2.42. The van der Waals surface area contributed by atoms with Gasteiger partial charge in [-0.1, -0.05) is 25.1 Å². The van der Waals surface area contributed by atoms with E-state index in [0.717, 1.165) is 25.1 Å². The zero-order valence-corrected chi connectivity index (χ0v) is 17.3. The number of aliphatic hydroxyl groups is 1. The summed E-state index contributed by atoms with van der Waals surface area (Å²) in [4.78, 5) is 8.69. The van der Waals surface area contributed by atoms with Crippen LogP contribution in [0.4, 0.5) is 0 Å². The van der Waals surface area contributed by atoms with Crippen molar-refractivity contribution >= 4 is 10.9 Å². The average molecular weight is 395 g/mol. The fourth-order valence-electron chi connectivity index (χ4n) is 4.53. The van der Waals surface area contributed by atoms with Gasteiger partial charge in [-0.15, -0.1) is 0 Å². The normalized spacial score (nSPS) is 16.5. The zero-order valence-electron chi connectivity index (χ0n) is 17.3. The molecule has 0 radical (unpaired) electrons. The topological polar surface area (TPSA) is 44.5 Å². The molecule has 3 aromatic rings. The first-order valence-electron chi connectivity index (χ1n) is 9.94. The summed E-state index contributed by atoms with van der Waals surface area (Å²) in [5.41, 5.74) is 5.11. The van der Waals surface area contributed by atoms with Gasteiger partial charge in [-0.05, 0) is 51.8 Å². The van der Waals surface area contributed by atoms with Gasteiger partial charge in [0.2, 0.25) is 0 Å². The molecule has 1 aliphatic rings. The van der Waals surface area contributed by atoms with Crippen LogP contribution in [0.25, 0.3) is 10.9 Å². The van der Waals surface area contributed by atoms with Crippen LogP contribution in [0.5, 0.6) is 0 Å². The number of hydrogen-bond donors (Lipinski definition) is 1. The molecule has 156 valence electrons. The SMILES string of the molecule is C.Cc1ccc2c(c1)c1c(n2CC(O)(CN(C)C)c2cccnc2)CCN(C)C1. The van der Waals surface area contributed by atoms with Crippen LogP contribution in [0.15, 0.2) is 42.7 Å². The Kier molecular flexibility index (Phi) is 6.13. The minimum absolute atomic E-state index is 0. The first kappa shape index (κ1) is 21.5. The molecule has 0 saturated carbocycles. The number of likely N-dealkylation sites (N-methyl/N-ethyl adjacent to an activating group) is 2. The van der Waals surface area contributed by atoms with E-state index in [0.29, 0.717) is 13.1 Å². The van der Waals surface area contributed by atoms with E-state index in [9.17, 15) is 5.11 Å². The molecule has 5 heteroatoms. The molecular weight excluding hydrogens is 360 g/mol. The molecule has 0 aliphatic carbocycles. The van der Waals surface area contributed by atoms with Crippen LogP contribution in [0.3, 0.4) is 0 Å². The number of aromatic nitrogens is 2. The number of aryl methyl sites for hydroxylation is 1. The standard InChI is InChI=1S/C23H30N4O.CH4/c1-17-7-8-21-19(12-17)20-14-26(4)11-9-22(20)27(21)16-23(28,15-25(2)3)18-6-5-10-24-13-18;/h5-8,10,12-13,28H,9,11,14-16H2,1-4H3;1H4. The minimum Gasteiger partial charge on any atom is -0.382 e. The molecule has 0 fully saturated rings. The highest BCUT2D eigenvalue weighted by atomic mass is 16.3. The molecule has 5 nitrogen and oxygen atoms in total. The van der Waals surface area contributed by atoms with Crippen molar-refractivity contribution in [2.45, 2.75) is 39.5 Å². The lowest BCUT2D eigenvalue weighted by Gasteiger charge is -2.33. The van der Waals surface area contributed by atoms with Crippen molar-refractivity contribution in [3.05, 3.63) is 65.1 Å². The lowest BCUT2D eigenvalue weighted by atomic mass is 9.94. The maximum Gasteiger partial charge on any atom is 0.121 e. The van der Waals surface area contributed by atoms with Gasteiger partial charge >= 0.3 is 0 Å². The fraction of sp³-hybridized carbons (Fsp3) is 0.458. The molecule has 0 amide bonds. The molecule has 1 unspecified atom stereocenters. The third-order valence-corrected chi connectivity index (χ3v) is 5.80. The van der Waals surface area contributed by atoms with Crippen molar-refractivity contribution < 1.29 is 5.11 Å². The van der Waals surface area contributed by atoms with Gasteiger partial charge < -0.3 is 19.5 Å². The summed E-state index contributed by atoms with van der Waals surface area (Å²) in [5, 5.41) is 13.1. The van der Waals surface area contributed by atoms with Gasteiger partial charge in [0.1, 0.15) is 5.60 Å². The van der Waals surface area contributed by atoms with Crippen LogP contribution in [0.2, 0.25) is 0 Å². The summed E-state index contributed by atoms with van der Waals surface area (Å²) in [7, 11) is 6.19. The summed E-state index contributed by atoms with van der Waals surface area (Å²) in [6.45, 7) is 5.21. The Morgan fingerprint density at radius 1 is 1.24 bits per heavy atom. The Balaban J connectivity index is 0.00000240. The van der Waals surface area contributed by atoms with Crippen molar-refractivity contribution in [2.24, 2.45) is 0 Å². The first-order valence-corrected chi connectivity index (χ1v) is 9.94. The molecule has 1 aliphatic heterocycles. The van der Waals surface area contributed by atoms with Gasteiger partial charge in [-0.2, -0.15) is 0 Å². The highest BCUT2D eigenvalue weighted by molar-refractivity contribution is 5.86. The number of pyridine rings is 1. The van der Waals surface area contributed by atoms with Crippen LogP contribution in [-0.2, 0) is 25.1 Å². The Labute approximate surface area is 174 Å². The second-order valence-electron chi connectivity index (χ2n) is 8.53. The fourth-order valence-corrected chi connectivity index (χ4v) is 4.53. The van der Waals surface area contributed by atoms with Crippen LogP contribution in [0.1, 0.15) is 29.8 Å². The van der Waals surface area contributed by atoms with Gasteiger partial charge in [-0.3, -0.25) is 4.98 Å². The smallest absolute Gasteiger partial charge is 0.121 e. The molecule has 1 atom stereocenters. The maximum absolute atomic E-state index is 11.8. The Morgan fingerprint density at radius 2 is 2.03 bits per heavy atom. The summed E-state index contributed by atoms with van der Waals surface area (Å²) in [5.74, 6) is 0. The molecule has 0 saturated heterocycles. The number of hydrogen-bond acceptors (Lipinski definition) is 4. The molecule has 0 spiro atoms. The molecule has 4 rings (SSSR count). The number of fused-ring (bicyclic) bond motifs is 3. The first-order chi connectivity index (χ1) is 13.4. The van der Waals surface area contributed by atoms with E-state index in [4.69, 9.17) is 0 Å².